The zero-order valence-corrected chi connectivity index (χ0v) is 11.2. The SMILES string of the molecule is O=C(O)Oc1cccc2ccccc12.[Bi]. The topological polar surface area (TPSA) is 46.5 Å². The maximum Gasteiger partial charge on any atom is 0.511 e. The van der Waals surface area contributed by atoms with E-state index in [4.69, 9.17) is 5.11 Å². The maximum absolute atomic E-state index is 10.4. The van der Waals surface area contributed by atoms with Gasteiger partial charge >= 0.3 is 6.16 Å². The molecule has 0 aliphatic rings. The first-order valence-electron chi connectivity index (χ1n) is 4.16. The predicted octanol–water partition coefficient (Wildman–Crippen LogP) is 2.52. The second kappa shape index (κ2) is 5.08. The van der Waals surface area contributed by atoms with E-state index in [0.717, 1.165) is 10.8 Å². The number of hydrogen-bond acceptors (Lipinski definition) is 2. The first-order chi connectivity index (χ1) is 6.77. The van der Waals surface area contributed by atoms with E-state index < -0.39 is 6.16 Å². The van der Waals surface area contributed by atoms with Crippen LogP contribution in [0.2, 0.25) is 0 Å². The van der Waals surface area contributed by atoms with Crippen molar-refractivity contribution in [1.29, 1.82) is 0 Å². The molecule has 0 bridgehead atoms. The molecular formula is C11H8BiO3. The van der Waals surface area contributed by atoms with Crippen molar-refractivity contribution in [2.45, 2.75) is 0 Å². The molecule has 0 saturated carbocycles. The number of carbonyl (C=O) groups is 1. The van der Waals surface area contributed by atoms with Crippen LogP contribution in [-0.2, 0) is 0 Å². The number of fused-ring (bicyclic) bond motifs is 1. The number of carboxylic acid groups (broad SMARTS) is 1. The predicted molar refractivity (Wildman–Crippen MR) is 58.4 cm³/mol. The third kappa shape index (κ3) is 2.66. The van der Waals surface area contributed by atoms with Crippen molar-refractivity contribution in [3.63, 3.8) is 0 Å². The van der Waals surface area contributed by atoms with Gasteiger partial charge in [-0.3, -0.25) is 0 Å². The minimum absolute atomic E-state index is 0. The van der Waals surface area contributed by atoms with Gasteiger partial charge in [0.15, 0.2) is 0 Å². The number of hydrogen-bond donors (Lipinski definition) is 1. The van der Waals surface area contributed by atoms with Crippen LogP contribution in [0.25, 0.3) is 10.8 Å². The van der Waals surface area contributed by atoms with Crippen LogP contribution < -0.4 is 4.74 Å². The Bertz CT molecular complexity index is 477. The largest absolute Gasteiger partial charge is 0.511 e. The van der Waals surface area contributed by atoms with Gasteiger partial charge in [0.1, 0.15) is 5.75 Å². The van der Waals surface area contributed by atoms with E-state index >= 15 is 0 Å². The number of ether oxygens (including phenoxy) is 1. The van der Waals surface area contributed by atoms with Gasteiger partial charge in [0, 0.05) is 31.6 Å². The summed E-state index contributed by atoms with van der Waals surface area (Å²) < 4.78 is 4.64. The van der Waals surface area contributed by atoms with Gasteiger partial charge in [-0.1, -0.05) is 36.4 Å². The molecule has 2 aromatic carbocycles. The van der Waals surface area contributed by atoms with E-state index in [2.05, 4.69) is 4.74 Å². The summed E-state index contributed by atoms with van der Waals surface area (Å²) in [6.07, 6.45) is -1.29. The normalized spacial score (nSPS) is 9.33. The van der Waals surface area contributed by atoms with E-state index in [-0.39, 0.29) is 26.2 Å². The van der Waals surface area contributed by atoms with Gasteiger partial charge in [0.25, 0.3) is 0 Å². The second-order valence-electron chi connectivity index (χ2n) is 2.85. The average molecular weight is 397 g/mol. The van der Waals surface area contributed by atoms with E-state index in [1.807, 2.05) is 30.3 Å². The molecule has 2 rings (SSSR count). The summed E-state index contributed by atoms with van der Waals surface area (Å²) in [7, 11) is 0. The molecule has 0 spiro atoms. The molecule has 0 atom stereocenters. The van der Waals surface area contributed by atoms with Gasteiger partial charge in [0.2, 0.25) is 0 Å². The Labute approximate surface area is 106 Å². The number of rotatable bonds is 1. The van der Waals surface area contributed by atoms with Gasteiger partial charge in [-0.15, -0.1) is 0 Å². The Morgan fingerprint density at radius 1 is 1.07 bits per heavy atom. The molecule has 15 heavy (non-hydrogen) atoms. The van der Waals surface area contributed by atoms with Gasteiger partial charge < -0.3 is 9.84 Å². The van der Waals surface area contributed by atoms with Crippen LogP contribution >= 0.6 is 0 Å². The Kier molecular flexibility index (Phi) is 4.04. The van der Waals surface area contributed by atoms with E-state index in [1.165, 1.54) is 0 Å². The first-order valence-corrected chi connectivity index (χ1v) is 4.16. The molecule has 0 aliphatic carbocycles. The van der Waals surface area contributed by atoms with Crippen LogP contribution in [0.5, 0.6) is 5.75 Å². The molecular weight excluding hydrogens is 389 g/mol. The fourth-order valence-electron chi connectivity index (χ4n) is 1.38. The van der Waals surface area contributed by atoms with Crippen molar-refractivity contribution >= 4 is 43.1 Å². The molecule has 0 saturated heterocycles. The summed E-state index contributed by atoms with van der Waals surface area (Å²) in [4.78, 5) is 10.4. The Morgan fingerprint density at radius 3 is 2.47 bits per heavy atom. The molecule has 0 aromatic heterocycles. The summed E-state index contributed by atoms with van der Waals surface area (Å²) in [5, 5.41) is 10.3. The minimum Gasteiger partial charge on any atom is -0.449 e. The molecule has 1 N–H and O–H groups in total. The van der Waals surface area contributed by atoms with E-state index in [9.17, 15) is 4.79 Å². The van der Waals surface area contributed by atoms with Crippen LogP contribution in [0.4, 0.5) is 4.79 Å². The molecule has 75 valence electrons. The molecule has 0 heterocycles. The van der Waals surface area contributed by atoms with Gasteiger partial charge in [-0.05, 0) is 11.5 Å². The van der Waals surface area contributed by atoms with E-state index in [0.29, 0.717) is 5.75 Å². The van der Waals surface area contributed by atoms with Crippen LogP contribution in [0.15, 0.2) is 42.5 Å². The van der Waals surface area contributed by atoms with E-state index in [1.54, 1.807) is 12.1 Å². The van der Waals surface area contributed by atoms with Gasteiger partial charge in [-0.25, -0.2) is 4.79 Å². The summed E-state index contributed by atoms with van der Waals surface area (Å²) in [6.45, 7) is 0. The molecule has 4 heteroatoms. The molecule has 2 aromatic rings. The monoisotopic (exact) mass is 397 g/mol. The second-order valence-corrected chi connectivity index (χ2v) is 2.85. The van der Waals surface area contributed by atoms with Crippen LogP contribution in [-0.4, -0.2) is 37.5 Å². The zero-order valence-electron chi connectivity index (χ0n) is 7.75. The van der Waals surface area contributed by atoms with Crippen LogP contribution in [0.3, 0.4) is 0 Å². The molecule has 0 amide bonds. The van der Waals surface area contributed by atoms with Crippen LogP contribution in [0, 0.1) is 0 Å². The van der Waals surface area contributed by atoms with Crippen molar-refractivity contribution < 1.29 is 14.6 Å². The van der Waals surface area contributed by atoms with Crippen molar-refractivity contribution in [2.75, 3.05) is 0 Å². The summed E-state index contributed by atoms with van der Waals surface area (Å²) in [5.74, 6) is 0.371. The molecule has 3 radical (unpaired) electrons. The fourth-order valence-corrected chi connectivity index (χ4v) is 1.38. The summed E-state index contributed by atoms with van der Waals surface area (Å²) in [6, 6.07) is 12.8. The quantitative estimate of drug-likeness (QED) is 0.457. The Balaban J connectivity index is 0.00000112. The third-order valence-electron chi connectivity index (χ3n) is 1.95. The smallest absolute Gasteiger partial charge is 0.449 e. The molecule has 0 aliphatic heterocycles. The Hall–Kier alpha value is -1.15. The fraction of sp³-hybridized carbons (Fsp3) is 0. The summed E-state index contributed by atoms with van der Waals surface area (Å²) in [5.41, 5.74) is 0. The standard InChI is InChI=1S/C11H8O3.Bi/c12-11(13)14-10-7-3-5-8-4-1-2-6-9(8)10;/h1-7H,(H,12,13);. The van der Waals surface area contributed by atoms with Gasteiger partial charge in [-0.2, -0.15) is 0 Å². The minimum atomic E-state index is -1.29. The molecule has 0 fully saturated rings. The molecule has 3 nitrogen and oxygen atoms in total. The number of benzene rings is 2. The Morgan fingerprint density at radius 2 is 1.73 bits per heavy atom. The van der Waals surface area contributed by atoms with Crippen molar-refractivity contribution in [3.8, 4) is 5.75 Å². The van der Waals surface area contributed by atoms with Crippen molar-refractivity contribution in [1.82, 2.24) is 0 Å². The van der Waals surface area contributed by atoms with Gasteiger partial charge in [0.05, 0.1) is 0 Å². The molecule has 0 unspecified atom stereocenters. The first kappa shape index (κ1) is 11.9. The van der Waals surface area contributed by atoms with Crippen molar-refractivity contribution in [3.05, 3.63) is 42.5 Å². The average Bonchev–Trinajstić information content (AvgIpc) is 2.18. The van der Waals surface area contributed by atoms with Crippen LogP contribution in [0.1, 0.15) is 0 Å². The zero-order chi connectivity index (χ0) is 9.97. The third-order valence-corrected chi connectivity index (χ3v) is 1.95. The summed E-state index contributed by atoms with van der Waals surface area (Å²) >= 11 is 0. The maximum atomic E-state index is 10.4. The van der Waals surface area contributed by atoms with Crippen molar-refractivity contribution in [2.24, 2.45) is 0 Å².